The first-order chi connectivity index (χ1) is 16.2. The first-order valence-electron chi connectivity index (χ1n) is 11.0. The van der Waals surface area contributed by atoms with Gasteiger partial charge in [-0.15, -0.1) is 0 Å². The van der Waals surface area contributed by atoms with Crippen LogP contribution in [0.5, 0.6) is 0 Å². The minimum Gasteiger partial charge on any atom is -0.465 e. The van der Waals surface area contributed by atoms with Gasteiger partial charge in [0.1, 0.15) is 0 Å². The number of methoxy groups -OCH3 is 1. The molecule has 2 aromatic carbocycles. The van der Waals surface area contributed by atoms with Crippen LogP contribution in [0.25, 0.3) is 11.0 Å². The summed E-state index contributed by atoms with van der Waals surface area (Å²) in [6.45, 7) is 4.13. The van der Waals surface area contributed by atoms with Gasteiger partial charge in [0.05, 0.1) is 36.6 Å². The normalized spacial score (nSPS) is 15.8. The summed E-state index contributed by atoms with van der Waals surface area (Å²) in [7, 11) is 1.39. The Morgan fingerprint density at radius 2 is 2.00 bits per heavy atom. The maximum atomic E-state index is 11.6. The molecule has 2 aliphatic rings. The number of fused-ring (bicyclic) bond motifs is 1. The standard InChI is InChI=1S/C26H25N5O2/c1-33-26(32)20-10-8-19(9-11-20)15-31-17-21-16-30(14-12-22(21)27-18-31)13-4-7-25-28-23-5-2-3-6-24(23)29-25/h2-3,5-6,8-11,18H,12-17H2,1H3,(H,28,29). The largest absolute Gasteiger partial charge is 0.465 e. The number of carbonyl (C=O) groups excluding carboxylic acids is 1. The summed E-state index contributed by atoms with van der Waals surface area (Å²) < 4.78 is 4.77. The van der Waals surface area contributed by atoms with E-state index < -0.39 is 0 Å². The minimum atomic E-state index is -0.318. The number of para-hydroxylation sites is 2. The Hall–Kier alpha value is -3.89. The van der Waals surface area contributed by atoms with Gasteiger partial charge < -0.3 is 14.6 Å². The predicted molar refractivity (Wildman–Crippen MR) is 128 cm³/mol. The van der Waals surface area contributed by atoms with Gasteiger partial charge in [0, 0.05) is 38.3 Å². The lowest BCUT2D eigenvalue weighted by Gasteiger charge is -2.33. The maximum Gasteiger partial charge on any atom is 0.337 e. The molecule has 33 heavy (non-hydrogen) atoms. The van der Waals surface area contributed by atoms with E-state index >= 15 is 0 Å². The summed E-state index contributed by atoms with van der Waals surface area (Å²) in [5.41, 5.74) is 6.19. The summed E-state index contributed by atoms with van der Waals surface area (Å²) >= 11 is 0. The highest BCUT2D eigenvalue weighted by Gasteiger charge is 2.22. The third-order valence-corrected chi connectivity index (χ3v) is 5.92. The van der Waals surface area contributed by atoms with Crippen molar-refractivity contribution < 1.29 is 9.53 Å². The molecule has 3 heterocycles. The van der Waals surface area contributed by atoms with E-state index in [1.54, 1.807) is 12.1 Å². The summed E-state index contributed by atoms with van der Waals surface area (Å²) in [5.74, 6) is 6.82. The van der Waals surface area contributed by atoms with Crippen LogP contribution in [0, 0.1) is 11.8 Å². The molecule has 0 saturated heterocycles. The molecular formula is C26H25N5O2. The van der Waals surface area contributed by atoms with Gasteiger partial charge in [-0.2, -0.15) is 0 Å². The Kier molecular flexibility index (Phi) is 5.92. The van der Waals surface area contributed by atoms with Crippen molar-refractivity contribution in [2.75, 3.05) is 33.3 Å². The molecule has 0 unspecified atom stereocenters. The van der Waals surface area contributed by atoms with Gasteiger partial charge in [0.25, 0.3) is 0 Å². The number of nitrogens with zero attached hydrogens (tertiary/aromatic N) is 4. The summed E-state index contributed by atoms with van der Waals surface area (Å²) in [6, 6.07) is 15.5. The predicted octanol–water partition coefficient (Wildman–Crippen LogP) is 3.20. The zero-order valence-corrected chi connectivity index (χ0v) is 18.5. The topological polar surface area (TPSA) is 73.8 Å². The molecule has 1 aromatic heterocycles. The number of carbonyl (C=O) groups is 1. The molecule has 0 bridgehead atoms. The number of benzene rings is 2. The van der Waals surface area contributed by atoms with Crippen molar-refractivity contribution in [3.8, 4) is 11.8 Å². The fourth-order valence-electron chi connectivity index (χ4n) is 4.19. The number of H-pyrrole nitrogens is 1. The van der Waals surface area contributed by atoms with Crippen molar-refractivity contribution in [2.24, 2.45) is 4.99 Å². The number of aromatic amines is 1. The van der Waals surface area contributed by atoms with Gasteiger partial charge in [-0.25, -0.2) is 14.8 Å². The number of aliphatic imine (C=N–C) groups is 1. The third kappa shape index (κ3) is 4.81. The Morgan fingerprint density at radius 1 is 1.15 bits per heavy atom. The minimum absolute atomic E-state index is 0.318. The highest BCUT2D eigenvalue weighted by Crippen LogP contribution is 2.23. The lowest BCUT2D eigenvalue weighted by molar-refractivity contribution is 0.0600. The molecule has 0 fully saturated rings. The number of esters is 1. The van der Waals surface area contributed by atoms with Crippen molar-refractivity contribution >= 4 is 23.3 Å². The second kappa shape index (κ2) is 9.31. The van der Waals surface area contributed by atoms with Crippen molar-refractivity contribution in [3.05, 3.63) is 76.8 Å². The van der Waals surface area contributed by atoms with Crippen LogP contribution < -0.4 is 0 Å². The van der Waals surface area contributed by atoms with Crippen LogP contribution in [0.15, 0.2) is 64.8 Å². The monoisotopic (exact) mass is 439 g/mol. The second-order valence-corrected chi connectivity index (χ2v) is 8.25. The van der Waals surface area contributed by atoms with Crippen LogP contribution in [-0.4, -0.2) is 65.4 Å². The number of rotatable bonds is 4. The quantitative estimate of drug-likeness (QED) is 0.499. The molecule has 3 aromatic rings. The van der Waals surface area contributed by atoms with Crippen molar-refractivity contribution in [1.29, 1.82) is 0 Å². The van der Waals surface area contributed by atoms with E-state index in [1.807, 2.05) is 42.7 Å². The number of hydrogen-bond donors (Lipinski definition) is 1. The zero-order valence-electron chi connectivity index (χ0n) is 18.5. The molecular weight excluding hydrogens is 414 g/mol. The van der Waals surface area contributed by atoms with E-state index in [2.05, 4.69) is 31.6 Å². The Bertz CT molecular complexity index is 1260. The maximum absolute atomic E-state index is 11.6. The molecule has 0 spiro atoms. The van der Waals surface area contributed by atoms with Crippen molar-refractivity contribution in [2.45, 2.75) is 13.0 Å². The molecule has 7 heteroatoms. The molecule has 0 aliphatic carbocycles. The van der Waals surface area contributed by atoms with Gasteiger partial charge in [-0.3, -0.25) is 4.90 Å². The highest BCUT2D eigenvalue weighted by atomic mass is 16.5. The molecule has 0 amide bonds. The van der Waals surface area contributed by atoms with Crippen molar-refractivity contribution in [1.82, 2.24) is 19.8 Å². The van der Waals surface area contributed by atoms with Crippen LogP contribution in [0.2, 0.25) is 0 Å². The molecule has 7 nitrogen and oxygen atoms in total. The average molecular weight is 440 g/mol. The average Bonchev–Trinajstić information content (AvgIpc) is 3.27. The zero-order chi connectivity index (χ0) is 22.6. The Balaban J connectivity index is 1.17. The second-order valence-electron chi connectivity index (χ2n) is 8.25. The number of ether oxygens (including phenoxy) is 1. The van der Waals surface area contributed by atoms with E-state index in [-0.39, 0.29) is 5.97 Å². The molecule has 5 rings (SSSR count). The smallest absolute Gasteiger partial charge is 0.337 e. The number of nitrogens with one attached hydrogen (secondary N) is 1. The van der Waals surface area contributed by atoms with Crippen LogP contribution in [0.4, 0.5) is 0 Å². The summed E-state index contributed by atoms with van der Waals surface area (Å²) in [4.78, 5) is 28.7. The van der Waals surface area contributed by atoms with Crippen LogP contribution in [-0.2, 0) is 11.3 Å². The van der Waals surface area contributed by atoms with E-state index in [9.17, 15) is 4.79 Å². The highest BCUT2D eigenvalue weighted by molar-refractivity contribution is 5.89. The molecule has 0 saturated carbocycles. The fourth-order valence-corrected chi connectivity index (χ4v) is 4.19. The van der Waals surface area contributed by atoms with Crippen LogP contribution in [0.3, 0.4) is 0 Å². The Morgan fingerprint density at radius 3 is 2.82 bits per heavy atom. The molecule has 1 N–H and O–H groups in total. The van der Waals surface area contributed by atoms with Gasteiger partial charge in [0.15, 0.2) is 5.82 Å². The van der Waals surface area contributed by atoms with Gasteiger partial charge >= 0.3 is 5.97 Å². The first-order valence-corrected chi connectivity index (χ1v) is 11.0. The SMILES string of the molecule is COC(=O)c1ccc(CN2C=NC3=C(C2)CN(CC#Cc2nc4ccccc4[nH]2)CC3)cc1. The van der Waals surface area contributed by atoms with Crippen LogP contribution in [0.1, 0.15) is 28.2 Å². The fraction of sp³-hybridized carbons (Fsp3) is 0.269. The van der Waals surface area contributed by atoms with Gasteiger partial charge in [-0.05, 0) is 41.3 Å². The molecule has 166 valence electrons. The third-order valence-electron chi connectivity index (χ3n) is 5.92. The van der Waals surface area contributed by atoms with E-state index in [1.165, 1.54) is 18.4 Å². The lowest BCUT2D eigenvalue weighted by Crippen LogP contribution is -2.38. The van der Waals surface area contributed by atoms with E-state index in [4.69, 9.17) is 9.73 Å². The lowest BCUT2D eigenvalue weighted by atomic mass is 10.0. The van der Waals surface area contributed by atoms with Crippen molar-refractivity contribution in [3.63, 3.8) is 0 Å². The molecule has 0 radical (unpaired) electrons. The van der Waals surface area contributed by atoms with E-state index in [0.717, 1.165) is 49.2 Å². The molecule has 0 atom stereocenters. The number of hydrogen-bond acceptors (Lipinski definition) is 6. The molecule has 2 aliphatic heterocycles. The first kappa shape index (κ1) is 21.0. The van der Waals surface area contributed by atoms with E-state index in [0.29, 0.717) is 17.9 Å². The Labute approximate surface area is 192 Å². The summed E-state index contributed by atoms with van der Waals surface area (Å²) in [5, 5.41) is 0. The summed E-state index contributed by atoms with van der Waals surface area (Å²) in [6.07, 6.45) is 2.88. The number of imidazole rings is 1. The van der Waals surface area contributed by atoms with Gasteiger partial charge in [0.2, 0.25) is 0 Å². The van der Waals surface area contributed by atoms with Gasteiger partial charge in [-0.1, -0.05) is 30.2 Å². The van der Waals surface area contributed by atoms with Crippen LogP contribution >= 0.6 is 0 Å². The number of aromatic nitrogens is 2.